The molecular weight excluding hydrogens is 407 g/mol. The molecule has 3 aromatic heterocycles. The van der Waals surface area contributed by atoms with Crippen LogP contribution in [0, 0.1) is 0 Å². The van der Waals surface area contributed by atoms with Gasteiger partial charge in [0.25, 0.3) is 0 Å². The minimum absolute atomic E-state index is 0.138. The van der Waals surface area contributed by atoms with Gasteiger partial charge in [-0.05, 0) is 36.1 Å². The van der Waals surface area contributed by atoms with Gasteiger partial charge in [0.15, 0.2) is 5.65 Å². The Bertz CT molecular complexity index is 1120. The number of rotatable bonds is 4. The number of hydrogen-bond acceptors (Lipinski definition) is 4. The van der Waals surface area contributed by atoms with Crippen molar-refractivity contribution in [3.05, 3.63) is 65.4 Å². The van der Waals surface area contributed by atoms with Crippen molar-refractivity contribution in [3.8, 4) is 0 Å². The Hall–Kier alpha value is -3.23. The average Bonchev–Trinajstić information content (AvgIpc) is 3.38. The molecule has 4 heterocycles. The minimum atomic E-state index is -4.54. The van der Waals surface area contributed by atoms with E-state index < -0.39 is 11.9 Å². The molecule has 9 heteroatoms. The van der Waals surface area contributed by atoms with Crippen molar-refractivity contribution in [1.29, 1.82) is 0 Å². The van der Waals surface area contributed by atoms with E-state index in [0.29, 0.717) is 30.9 Å². The highest BCUT2D eigenvalue weighted by Gasteiger charge is 2.36. The molecule has 0 N–H and O–H groups in total. The van der Waals surface area contributed by atoms with Crippen molar-refractivity contribution >= 4 is 17.6 Å². The highest BCUT2D eigenvalue weighted by atomic mass is 19.4. The molecule has 1 aliphatic heterocycles. The summed E-state index contributed by atoms with van der Waals surface area (Å²) >= 11 is 0. The largest absolute Gasteiger partial charge is 0.433 e. The quantitative estimate of drug-likeness (QED) is 0.581. The molecule has 0 aliphatic carbocycles. The number of aromatic nitrogens is 4. The van der Waals surface area contributed by atoms with Crippen molar-refractivity contribution in [2.45, 2.75) is 38.3 Å². The molecular formula is C22H22F3N5O. The Morgan fingerprint density at radius 2 is 2.10 bits per heavy atom. The summed E-state index contributed by atoms with van der Waals surface area (Å²) < 4.78 is 41.6. The smallest absolute Gasteiger partial charge is 0.338 e. The summed E-state index contributed by atoms with van der Waals surface area (Å²) in [6.07, 6.45) is 2.59. The zero-order valence-electron chi connectivity index (χ0n) is 17.2. The number of carbonyl (C=O) groups excluding carboxylic acids is 1. The summed E-state index contributed by atoms with van der Waals surface area (Å²) in [4.78, 5) is 22.5. The minimum Gasteiger partial charge on any atom is -0.338 e. The van der Waals surface area contributed by atoms with Crippen molar-refractivity contribution in [3.63, 3.8) is 0 Å². The molecule has 162 valence electrons. The SMILES string of the molecule is CC(C)c1cc(C(F)(F)F)n2nc([C@H]3CCN(C(=O)/C=C/c4cccnc4)C3)cc2n1. The van der Waals surface area contributed by atoms with E-state index in [4.69, 9.17) is 0 Å². The van der Waals surface area contributed by atoms with Crippen LogP contribution in [0.15, 0.2) is 42.7 Å². The first-order chi connectivity index (χ1) is 14.7. The van der Waals surface area contributed by atoms with Crippen LogP contribution in [0.2, 0.25) is 0 Å². The van der Waals surface area contributed by atoms with E-state index in [1.807, 2.05) is 6.07 Å². The van der Waals surface area contributed by atoms with Gasteiger partial charge in [0.05, 0.1) is 5.69 Å². The van der Waals surface area contributed by atoms with E-state index in [1.165, 1.54) is 6.08 Å². The van der Waals surface area contributed by atoms with Crippen molar-refractivity contribution in [2.24, 2.45) is 0 Å². The van der Waals surface area contributed by atoms with Crippen LogP contribution in [0.3, 0.4) is 0 Å². The molecule has 1 amide bonds. The van der Waals surface area contributed by atoms with Crippen molar-refractivity contribution in [2.75, 3.05) is 13.1 Å². The lowest BCUT2D eigenvalue weighted by Crippen LogP contribution is -2.26. The van der Waals surface area contributed by atoms with Crippen LogP contribution in [0.4, 0.5) is 13.2 Å². The van der Waals surface area contributed by atoms with Gasteiger partial charge in [-0.25, -0.2) is 9.50 Å². The van der Waals surface area contributed by atoms with Crippen molar-refractivity contribution < 1.29 is 18.0 Å². The Balaban J connectivity index is 1.56. The highest BCUT2D eigenvalue weighted by molar-refractivity contribution is 5.92. The fourth-order valence-electron chi connectivity index (χ4n) is 3.66. The van der Waals surface area contributed by atoms with Gasteiger partial charge in [-0.1, -0.05) is 19.9 Å². The van der Waals surface area contributed by atoms with E-state index in [-0.39, 0.29) is 23.4 Å². The van der Waals surface area contributed by atoms with E-state index >= 15 is 0 Å². The van der Waals surface area contributed by atoms with E-state index in [1.54, 1.807) is 49.3 Å². The molecule has 31 heavy (non-hydrogen) atoms. The molecule has 0 aromatic carbocycles. The van der Waals surface area contributed by atoms with Gasteiger partial charge >= 0.3 is 6.18 Å². The molecule has 6 nitrogen and oxygen atoms in total. The predicted molar refractivity (Wildman–Crippen MR) is 109 cm³/mol. The van der Waals surface area contributed by atoms with Crippen LogP contribution in [0.25, 0.3) is 11.7 Å². The molecule has 0 unspecified atom stereocenters. The molecule has 3 aromatic rings. The van der Waals surface area contributed by atoms with Gasteiger partial charge < -0.3 is 4.90 Å². The average molecular weight is 429 g/mol. The molecule has 1 aliphatic rings. The van der Waals surface area contributed by atoms with Gasteiger partial charge in [0.1, 0.15) is 5.69 Å². The molecule has 0 bridgehead atoms. The number of amides is 1. The summed E-state index contributed by atoms with van der Waals surface area (Å²) in [6.45, 7) is 4.52. The van der Waals surface area contributed by atoms with E-state index in [2.05, 4.69) is 15.1 Å². The van der Waals surface area contributed by atoms with Gasteiger partial charge in [-0.3, -0.25) is 9.78 Å². The maximum atomic E-state index is 13.6. The number of pyridine rings is 1. The summed E-state index contributed by atoms with van der Waals surface area (Å²) in [5.41, 5.74) is 1.05. The number of alkyl halides is 3. The zero-order valence-corrected chi connectivity index (χ0v) is 17.2. The third kappa shape index (κ3) is 4.45. The van der Waals surface area contributed by atoms with Gasteiger partial charge in [0, 0.05) is 49.2 Å². The Labute approximate surface area is 177 Å². The first-order valence-electron chi connectivity index (χ1n) is 10.1. The van der Waals surface area contributed by atoms with Crippen LogP contribution >= 0.6 is 0 Å². The van der Waals surface area contributed by atoms with Gasteiger partial charge in [0.2, 0.25) is 5.91 Å². The lowest BCUT2D eigenvalue weighted by molar-refractivity contribution is -0.142. The highest BCUT2D eigenvalue weighted by Crippen LogP contribution is 2.33. The monoisotopic (exact) mass is 429 g/mol. The van der Waals surface area contributed by atoms with Crippen LogP contribution in [-0.4, -0.2) is 43.5 Å². The fraction of sp³-hybridized carbons (Fsp3) is 0.364. The molecule has 0 saturated carbocycles. The number of likely N-dealkylation sites (tertiary alicyclic amines) is 1. The third-order valence-corrected chi connectivity index (χ3v) is 5.37. The maximum absolute atomic E-state index is 13.6. The number of nitrogens with zero attached hydrogens (tertiary/aromatic N) is 5. The normalized spacial score (nSPS) is 17.4. The maximum Gasteiger partial charge on any atom is 0.433 e. The molecule has 1 saturated heterocycles. The van der Waals surface area contributed by atoms with E-state index in [0.717, 1.165) is 16.1 Å². The predicted octanol–water partition coefficient (Wildman–Crippen LogP) is 4.30. The van der Waals surface area contributed by atoms with Gasteiger partial charge in [-0.15, -0.1) is 0 Å². The fourth-order valence-corrected chi connectivity index (χ4v) is 3.66. The lowest BCUT2D eigenvalue weighted by atomic mass is 10.1. The molecule has 4 rings (SSSR count). The number of hydrogen-bond donors (Lipinski definition) is 0. The standard InChI is InChI=1S/C22H22F3N5O/c1-14(2)17-10-19(22(23,24)25)30-20(27-17)11-18(28-30)16-7-9-29(13-16)21(31)6-5-15-4-3-8-26-12-15/h3-6,8,10-12,14,16H,7,9,13H2,1-2H3/b6-5+/t16-/m0/s1. The molecule has 1 fully saturated rings. The van der Waals surface area contributed by atoms with Crippen LogP contribution in [0.1, 0.15) is 54.7 Å². The summed E-state index contributed by atoms with van der Waals surface area (Å²) in [5, 5.41) is 4.22. The van der Waals surface area contributed by atoms with E-state index in [9.17, 15) is 18.0 Å². The molecule has 1 atom stereocenters. The Morgan fingerprint density at radius 1 is 1.29 bits per heavy atom. The summed E-state index contributed by atoms with van der Waals surface area (Å²) in [7, 11) is 0. The second kappa shape index (κ2) is 8.13. The lowest BCUT2D eigenvalue weighted by Gasteiger charge is -2.13. The Morgan fingerprint density at radius 3 is 2.77 bits per heavy atom. The van der Waals surface area contributed by atoms with Crippen LogP contribution in [-0.2, 0) is 11.0 Å². The molecule has 0 spiro atoms. The summed E-state index contributed by atoms with van der Waals surface area (Å²) in [5.74, 6) is -0.428. The third-order valence-electron chi connectivity index (χ3n) is 5.37. The van der Waals surface area contributed by atoms with Crippen LogP contribution < -0.4 is 0 Å². The topological polar surface area (TPSA) is 63.4 Å². The first kappa shape index (κ1) is 21.0. The first-order valence-corrected chi connectivity index (χ1v) is 10.1. The van der Waals surface area contributed by atoms with Gasteiger partial charge in [-0.2, -0.15) is 18.3 Å². The van der Waals surface area contributed by atoms with Crippen molar-refractivity contribution in [1.82, 2.24) is 24.5 Å². The number of carbonyl (C=O) groups is 1. The number of fused-ring (bicyclic) bond motifs is 1. The summed E-state index contributed by atoms with van der Waals surface area (Å²) in [6, 6.07) is 6.29. The number of halogens is 3. The van der Waals surface area contributed by atoms with Crippen LogP contribution in [0.5, 0.6) is 0 Å². The zero-order chi connectivity index (χ0) is 22.2. The Kier molecular flexibility index (Phi) is 5.51. The second-order valence-electron chi connectivity index (χ2n) is 7.95. The second-order valence-corrected chi connectivity index (χ2v) is 7.95. The molecule has 0 radical (unpaired) electrons.